The zero-order valence-corrected chi connectivity index (χ0v) is 14.0. The Kier molecular flexibility index (Phi) is 4.68. The first-order valence-corrected chi connectivity index (χ1v) is 8.01. The number of hydrogen-bond acceptors (Lipinski definition) is 4. The van der Waals surface area contributed by atoms with E-state index in [0.717, 1.165) is 4.90 Å². The Morgan fingerprint density at radius 2 is 2.24 bits per heavy atom. The third-order valence-electron chi connectivity index (χ3n) is 4.30. The van der Waals surface area contributed by atoms with Gasteiger partial charge in [-0.25, -0.2) is 4.98 Å². The highest BCUT2D eigenvalue weighted by Gasteiger charge is 2.37. The largest absolute Gasteiger partial charge is 0.406 e. The van der Waals surface area contributed by atoms with Gasteiger partial charge in [0, 0.05) is 25.2 Å². The lowest BCUT2D eigenvalue weighted by Crippen LogP contribution is -2.49. The maximum absolute atomic E-state index is 13.0. The second-order valence-corrected chi connectivity index (χ2v) is 6.22. The van der Waals surface area contributed by atoms with Crippen LogP contribution < -0.4 is 0 Å². The van der Waals surface area contributed by atoms with Crippen molar-refractivity contribution in [1.82, 2.24) is 19.7 Å². The van der Waals surface area contributed by atoms with Crippen LogP contribution in [0.3, 0.4) is 0 Å². The van der Waals surface area contributed by atoms with Gasteiger partial charge in [0.1, 0.15) is 6.54 Å². The number of alkyl halides is 3. The summed E-state index contributed by atoms with van der Waals surface area (Å²) in [5.41, 5.74) is 1.37. The summed E-state index contributed by atoms with van der Waals surface area (Å²) in [7, 11) is 1.72. The van der Waals surface area contributed by atoms with Crippen molar-refractivity contribution >= 4 is 16.9 Å². The number of carbonyl (C=O) groups is 1. The number of hydrogen-bond donors (Lipinski definition) is 0. The van der Waals surface area contributed by atoms with Gasteiger partial charge in [0.25, 0.3) is 5.91 Å². The van der Waals surface area contributed by atoms with E-state index in [0.29, 0.717) is 36.2 Å². The van der Waals surface area contributed by atoms with Crippen LogP contribution in [0.2, 0.25) is 0 Å². The number of fused-ring (bicyclic) bond motifs is 1. The van der Waals surface area contributed by atoms with E-state index in [1.807, 2.05) is 0 Å². The van der Waals surface area contributed by atoms with Crippen LogP contribution in [0.4, 0.5) is 13.2 Å². The molecule has 1 atom stereocenters. The first kappa shape index (κ1) is 17.7. The minimum absolute atomic E-state index is 0.114. The van der Waals surface area contributed by atoms with Gasteiger partial charge in [-0.3, -0.25) is 9.48 Å². The van der Waals surface area contributed by atoms with E-state index in [1.165, 1.54) is 6.20 Å². The highest BCUT2D eigenvalue weighted by atomic mass is 19.4. The van der Waals surface area contributed by atoms with Crippen LogP contribution in [0.15, 0.2) is 12.3 Å². The molecule has 0 spiro atoms. The number of carbonyl (C=O) groups excluding carboxylic acids is 1. The second kappa shape index (κ2) is 6.62. The van der Waals surface area contributed by atoms with Crippen molar-refractivity contribution in [2.75, 3.05) is 19.8 Å². The topological polar surface area (TPSA) is 60.2 Å². The van der Waals surface area contributed by atoms with Gasteiger partial charge >= 0.3 is 6.18 Å². The van der Waals surface area contributed by atoms with E-state index in [2.05, 4.69) is 10.1 Å². The van der Waals surface area contributed by atoms with Crippen molar-refractivity contribution in [2.24, 2.45) is 7.05 Å². The van der Waals surface area contributed by atoms with Crippen molar-refractivity contribution in [3.05, 3.63) is 23.5 Å². The maximum atomic E-state index is 13.0. The number of aromatic nitrogens is 3. The molecule has 1 aliphatic rings. The Morgan fingerprint density at radius 1 is 1.48 bits per heavy atom. The molecule has 9 heteroatoms. The molecule has 2 aromatic heterocycles. The van der Waals surface area contributed by atoms with E-state index in [4.69, 9.17) is 4.74 Å². The number of halogens is 3. The molecule has 1 amide bonds. The highest BCUT2D eigenvalue weighted by molar-refractivity contribution is 5.97. The molecular formula is C16H19F3N4O2. The number of pyridine rings is 1. The molecule has 0 N–H and O–H groups in total. The minimum Gasteiger partial charge on any atom is -0.379 e. The number of rotatable bonds is 3. The number of amides is 1. The third kappa shape index (κ3) is 3.76. The molecular weight excluding hydrogens is 337 g/mol. The van der Waals surface area contributed by atoms with Gasteiger partial charge < -0.3 is 9.64 Å². The van der Waals surface area contributed by atoms with Crippen molar-refractivity contribution in [1.29, 1.82) is 0 Å². The Morgan fingerprint density at radius 3 is 2.88 bits per heavy atom. The summed E-state index contributed by atoms with van der Waals surface area (Å²) < 4.78 is 45.8. The average molecular weight is 356 g/mol. The molecule has 0 saturated carbocycles. The van der Waals surface area contributed by atoms with Crippen LogP contribution in [-0.4, -0.2) is 57.5 Å². The average Bonchev–Trinajstić information content (AvgIpc) is 2.86. The number of nitrogens with zero attached hydrogens (tertiary/aromatic N) is 4. The molecule has 0 aromatic carbocycles. The molecule has 25 heavy (non-hydrogen) atoms. The van der Waals surface area contributed by atoms with Gasteiger partial charge in [-0.15, -0.1) is 0 Å². The maximum Gasteiger partial charge on any atom is 0.406 e. The van der Waals surface area contributed by atoms with Crippen molar-refractivity contribution in [2.45, 2.75) is 32.0 Å². The lowest BCUT2D eigenvalue weighted by molar-refractivity contribution is -0.148. The molecule has 0 bridgehead atoms. The van der Waals surface area contributed by atoms with Gasteiger partial charge in [0.2, 0.25) is 0 Å². The lowest BCUT2D eigenvalue weighted by atomic mass is 10.1. The van der Waals surface area contributed by atoms with Crippen LogP contribution in [0, 0.1) is 6.92 Å². The molecule has 2 aromatic rings. The summed E-state index contributed by atoms with van der Waals surface area (Å²) in [5.74, 6) is -0.689. The molecule has 3 heterocycles. The van der Waals surface area contributed by atoms with Crippen molar-refractivity contribution < 1.29 is 22.7 Å². The van der Waals surface area contributed by atoms with Crippen LogP contribution in [0.5, 0.6) is 0 Å². The number of ether oxygens (including phenoxy) is 1. The predicted molar refractivity (Wildman–Crippen MR) is 84.2 cm³/mol. The normalized spacial score (nSPS) is 18.5. The van der Waals surface area contributed by atoms with Crippen LogP contribution in [0.1, 0.15) is 28.9 Å². The highest BCUT2D eigenvalue weighted by Crippen LogP contribution is 2.25. The fourth-order valence-corrected chi connectivity index (χ4v) is 3.12. The summed E-state index contributed by atoms with van der Waals surface area (Å²) in [6, 6.07) is 0.966. The number of aryl methyl sites for hydroxylation is 2. The fourth-order valence-electron chi connectivity index (χ4n) is 3.12. The minimum atomic E-state index is -4.48. The standard InChI is InChI=1S/C16H19F3N4O2/c1-10-13-6-11(7-20-14(13)22(2)21-10)15(24)23(9-16(17,18)19)12-4-3-5-25-8-12/h6-7,12H,3-5,8-9H2,1-2H3/t12-/m1/s1. The third-order valence-corrected chi connectivity index (χ3v) is 4.30. The van der Waals surface area contributed by atoms with Crippen LogP contribution in [0.25, 0.3) is 11.0 Å². The van der Waals surface area contributed by atoms with Crippen LogP contribution >= 0.6 is 0 Å². The Bertz CT molecular complexity index is 782. The first-order chi connectivity index (χ1) is 11.8. The summed E-state index contributed by atoms with van der Waals surface area (Å²) >= 11 is 0. The molecule has 1 fully saturated rings. The smallest absolute Gasteiger partial charge is 0.379 e. The van der Waals surface area contributed by atoms with Gasteiger partial charge in [-0.1, -0.05) is 0 Å². The Labute approximate surface area is 142 Å². The molecule has 1 aliphatic heterocycles. The quantitative estimate of drug-likeness (QED) is 0.848. The lowest BCUT2D eigenvalue weighted by Gasteiger charge is -2.34. The van der Waals surface area contributed by atoms with Crippen molar-refractivity contribution in [3.8, 4) is 0 Å². The van der Waals surface area contributed by atoms with Gasteiger partial charge in [0.15, 0.2) is 5.65 Å². The summed E-state index contributed by atoms with van der Waals surface area (Å²) in [4.78, 5) is 17.8. The van der Waals surface area contributed by atoms with Gasteiger partial charge in [0.05, 0.1) is 23.9 Å². The van der Waals surface area contributed by atoms with Crippen molar-refractivity contribution in [3.63, 3.8) is 0 Å². The molecule has 1 saturated heterocycles. The zero-order chi connectivity index (χ0) is 18.2. The first-order valence-electron chi connectivity index (χ1n) is 8.01. The molecule has 136 valence electrons. The Balaban J connectivity index is 1.94. The monoisotopic (exact) mass is 356 g/mol. The summed E-state index contributed by atoms with van der Waals surface area (Å²) in [6.45, 7) is 1.08. The molecule has 6 nitrogen and oxygen atoms in total. The van der Waals surface area contributed by atoms with Crippen LogP contribution in [-0.2, 0) is 11.8 Å². The molecule has 0 radical (unpaired) electrons. The second-order valence-electron chi connectivity index (χ2n) is 6.22. The van der Waals surface area contributed by atoms with E-state index >= 15 is 0 Å². The Hall–Kier alpha value is -2.16. The van der Waals surface area contributed by atoms with E-state index < -0.39 is 24.7 Å². The molecule has 0 aliphatic carbocycles. The van der Waals surface area contributed by atoms with Gasteiger partial charge in [-0.05, 0) is 25.8 Å². The summed E-state index contributed by atoms with van der Waals surface area (Å²) in [5, 5.41) is 4.87. The molecule has 3 rings (SSSR count). The molecule has 0 unspecified atom stereocenters. The van der Waals surface area contributed by atoms with E-state index in [-0.39, 0.29) is 12.2 Å². The van der Waals surface area contributed by atoms with Gasteiger partial charge in [-0.2, -0.15) is 18.3 Å². The van der Waals surface area contributed by atoms with E-state index in [9.17, 15) is 18.0 Å². The zero-order valence-electron chi connectivity index (χ0n) is 14.0. The predicted octanol–water partition coefficient (Wildman–Crippen LogP) is 2.46. The van der Waals surface area contributed by atoms with E-state index in [1.54, 1.807) is 24.7 Å². The SMILES string of the molecule is Cc1nn(C)c2ncc(C(=O)N(CC(F)(F)F)[C@@H]3CCCOC3)cc12. The summed E-state index contributed by atoms with van der Waals surface area (Å²) in [6.07, 6.45) is -2.05. The fraction of sp³-hybridized carbons (Fsp3) is 0.562.